The lowest BCUT2D eigenvalue weighted by atomic mass is 10.00. The number of carboxylic acids is 1. The highest BCUT2D eigenvalue weighted by atomic mass is 16.4. The summed E-state index contributed by atoms with van der Waals surface area (Å²) >= 11 is 0. The van der Waals surface area contributed by atoms with Crippen molar-refractivity contribution < 1.29 is 24.6 Å². The second-order valence-electron chi connectivity index (χ2n) is 9.33. The summed E-state index contributed by atoms with van der Waals surface area (Å²) in [5.41, 5.74) is 5.72. The van der Waals surface area contributed by atoms with Gasteiger partial charge in [0.15, 0.2) is 0 Å². The molecule has 3 heterocycles. The Labute approximate surface area is 229 Å². The Morgan fingerprint density at radius 1 is 0.975 bits per heavy atom. The zero-order valence-electron chi connectivity index (χ0n) is 21.3. The number of likely N-dealkylation sites (tertiary alicyclic amines) is 1. The molecule has 5 N–H and O–H groups in total. The number of aromatic nitrogens is 2. The topological polar surface area (TPSA) is 159 Å². The Hall–Kier alpha value is -5.27. The summed E-state index contributed by atoms with van der Waals surface area (Å²) in [6.07, 6.45) is 5.02. The van der Waals surface area contributed by atoms with Crippen LogP contribution in [0.2, 0.25) is 0 Å². The van der Waals surface area contributed by atoms with Gasteiger partial charge in [-0.25, -0.2) is 15.6 Å². The lowest BCUT2D eigenvalue weighted by molar-refractivity contribution is -0.143. The van der Waals surface area contributed by atoms with E-state index in [0.29, 0.717) is 46.3 Å². The minimum Gasteiger partial charge on any atom is -0.507 e. The van der Waals surface area contributed by atoms with Crippen LogP contribution >= 0.6 is 0 Å². The van der Waals surface area contributed by atoms with Crippen LogP contribution in [0.25, 0.3) is 22.2 Å². The summed E-state index contributed by atoms with van der Waals surface area (Å²) in [6.45, 7) is 0.334. The van der Waals surface area contributed by atoms with Crippen molar-refractivity contribution in [2.45, 2.75) is 25.3 Å². The molecule has 2 aromatic heterocycles. The molecule has 0 saturated carbocycles. The van der Waals surface area contributed by atoms with Crippen molar-refractivity contribution in [2.75, 3.05) is 6.54 Å². The third kappa shape index (κ3) is 5.32. The molecule has 5 rings (SSSR count). The van der Waals surface area contributed by atoms with Gasteiger partial charge < -0.3 is 15.1 Å². The summed E-state index contributed by atoms with van der Waals surface area (Å²) in [5.74, 6) is 9.10. The van der Waals surface area contributed by atoms with Gasteiger partial charge in [-0.05, 0) is 61.7 Å². The smallest absolute Gasteiger partial charge is 0.326 e. The number of piperidine rings is 1. The average Bonchev–Trinajstić information content (AvgIpc) is 2.99. The predicted octanol–water partition coefficient (Wildman–Crippen LogP) is 3.09. The summed E-state index contributed by atoms with van der Waals surface area (Å²) in [6, 6.07) is 14.2. The molecule has 0 radical (unpaired) electrons. The van der Waals surface area contributed by atoms with E-state index in [1.54, 1.807) is 30.6 Å². The monoisotopic (exact) mass is 535 g/mol. The van der Waals surface area contributed by atoms with E-state index in [2.05, 4.69) is 27.2 Å². The standard InChI is InChI=1S/C30H25N5O5/c31-34-28(37)22-16-25(33-24-12-13-32-17-23(22)24)20-9-6-18(7-10-20)4-5-19-8-11-21(27(36)15-19)29(38)35-14-2-1-3-26(35)30(39)40/h6-13,15-17,26,36H,1-3,14,31H2,(H,34,37)(H,39,40). The number of carbonyl (C=O) groups is 3. The van der Waals surface area contributed by atoms with Gasteiger partial charge in [-0.15, -0.1) is 0 Å². The Kier molecular flexibility index (Phi) is 7.39. The van der Waals surface area contributed by atoms with Gasteiger partial charge >= 0.3 is 5.97 Å². The SMILES string of the molecule is NNC(=O)c1cc(-c2ccc(C#Cc3ccc(C(=O)N4CCCCC4C(=O)O)c(O)c3)cc2)nc2ccncc12. The number of benzene rings is 2. The van der Waals surface area contributed by atoms with Crippen molar-refractivity contribution >= 4 is 28.7 Å². The van der Waals surface area contributed by atoms with Gasteiger partial charge in [0, 0.05) is 41.0 Å². The molecule has 40 heavy (non-hydrogen) atoms. The molecule has 2 amide bonds. The van der Waals surface area contributed by atoms with Gasteiger partial charge in [-0.1, -0.05) is 24.0 Å². The molecule has 10 nitrogen and oxygen atoms in total. The average molecular weight is 536 g/mol. The van der Waals surface area contributed by atoms with Crippen LogP contribution in [0.4, 0.5) is 0 Å². The highest BCUT2D eigenvalue weighted by Crippen LogP contribution is 2.26. The summed E-state index contributed by atoms with van der Waals surface area (Å²) in [5, 5.41) is 20.6. The number of hydrogen-bond acceptors (Lipinski definition) is 7. The molecule has 200 valence electrons. The van der Waals surface area contributed by atoms with E-state index in [0.717, 1.165) is 18.4 Å². The van der Waals surface area contributed by atoms with Gasteiger partial charge in [0.1, 0.15) is 11.8 Å². The zero-order valence-corrected chi connectivity index (χ0v) is 21.3. The van der Waals surface area contributed by atoms with Crippen LogP contribution in [-0.4, -0.2) is 55.5 Å². The number of carboxylic acid groups (broad SMARTS) is 1. The number of hydrazine groups is 1. The lowest BCUT2D eigenvalue weighted by Gasteiger charge is -2.33. The van der Waals surface area contributed by atoms with Crippen LogP contribution in [0.1, 0.15) is 51.1 Å². The van der Waals surface area contributed by atoms with E-state index >= 15 is 0 Å². The van der Waals surface area contributed by atoms with E-state index in [4.69, 9.17) is 5.84 Å². The van der Waals surface area contributed by atoms with Crippen LogP contribution in [0.3, 0.4) is 0 Å². The van der Waals surface area contributed by atoms with Crippen molar-refractivity contribution in [2.24, 2.45) is 5.84 Å². The molecule has 0 spiro atoms. The van der Waals surface area contributed by atoms with E-state index < -0.39 is 23.8 Å². The van der Waals surface area contributed by atoms with Crippen molar-refractivity contribution in [3.8, 4) is 28.8 Å². The van der Waals surface area contributed by atoms with Gasteiger partial charge in [-0.3, -0.25) is 20.0 Å². The molecule has 0 bridgehead atoms. The number of fused-ring (bicyclic) bond motifs is 1. The first-order valence-corrected chi connectivity index (χ1v) is 12.6. The Morgan fingerprint density at radius 3 is 2.45 bits per heavy atom. The van der Waals surface area contributed by atoms with Crippen LogP contribution in [0.15, 0.2) is 67.0 Å². The second kappa shape index (κ2) is 11.2. The van der Waals surface area contributed by atoms with Crippen molar-refractivity contribution in [3.63, 3.8) is 0 Å². The van der Waals surface area contributed by atoms with Crippen molar-refractivity contribution in [1.29, 1.82) is 0 Å². The fourth-order valence-corrected chi connectivity index (χ4v) is 4.73. The number of nitrogens with two attached hydrogens (primary N) is 1. The zero-order chi connectivity index (χ0) is 28.2. The quantitative estimate of drug-likeness (QED) is 0.134. The third-order valence-electron chi connectivity index (χ3n) is 6.79. The summed E-state index contributed by atoms with van der Waals surface area (Å²) in [4.78, 5) is 46.8. The van der Waals surface area contributed by atoms with E-state index in [9.17, 15) is 24.6 Å². The van der Waals surface area contributed by atoms with Gasteiger partial charge in [0.05, 0.1) is 22.3 Å². The maximum Gasteiger partial charge on any atom is 0.326 e. The van der Waals surface area contributed by atoms with Crippen LogP contribution < -0.4 is 11.3 Å². The molecule has 1 fully saturated rings. The number of aliphatic carboxylic acids is 1. The molecule has 0 aliphatic carbocycles. The number of amides is 2. The fourth-order valence-electron chi connectivity index (χ4n) is 4.73. The molecule has 1 unspecified atom stereocenters. The number of phenolic OH excluding ortho intramolecular Hbond substituents is 1. The maximum atomic E-state index is 13.0. The molecule has 10 heteroatoms. The molecule has 4 aromatic rings. The van der Waals surface area contributed by atoms with E-state index in [1.165, 1.54) is 17.0 Å². The number of pyridine rings is 2. The first-order chi connectivity index (χ1) is 19.4. The number of aromatic hydroxyl groups is 1. The number of phenols is 1. The first kappa shape index (κ1) is 26.3. The molecule has 1 saturated heterocycles. The molecule has 1 aliphatic rings. The third-order valence-corrected chi connectivity index (χ3v) is 6.79. The summed E-state index contributed by atoms with van der Waals surface area (Å²) in [7, 11) is 0. The second-order valence-corrected chi connectivity index (χ2v) is 9.33. The number of nitrogens with one attached hydrogen (secondary N) is 1. The number of hydrogen-bond donors (Lipinski definition) is 4. The minimum atomic E-state index is -1.05. The Bertz CT molecular complexity index is 1690. The van der Waals surface area contributed by atoms with Crippen LogP contribution in [0, 0.1) is 11.8 Å². The Morgan fingerprint density at radius 2 is 1.73 bits per heavy atom. The predicted molar refractivity (Wildman–Crippen MR) is 147 cm³/mol. The number of nitrogen functional groups attached to an aromatic ring is 1. The van der Waals surface area contributed by atoms with Crippen LogP contribution in [-0.2, 0) is 4.79 Å². The highest BCUT2D eigenvalue weighted by molar-refractivity contribution is 6.06. The number of nitrogens with zero attached hydrogens (tertiary/aromatic N) is 3. The molecule has 2 aromatic carbocycles. The normalized spacial score (nSPS) is 14.7. The van der Waals surface area contributed by atoms with Crippen molar-refractivity contribution in [3.05, 3.63) is 89.2 Å². The minimum absolute atomic E-state index is 0.0457. The van der Waals surface area contributed by atoms with Gasteiger partial charge in [0.2, 0.25) is 0 Å². The number of rotatable bonds is 4. The van der Waals surface area contributed by atoms with Crippen LogP contribution in [0.5, 0.6) is 5.75 Å². The van der Waals surface area contributed by atoms with E-state index in [1.807, 2.05) is 24.3 Å². The fraction of sp³-hybridized carbons (Fsp3) is 0.167. The molecular weight excluding hydrogens is 510 g/mol. The Balaban J connectivity index is 1.36. The van der Waals surface area contributed by atoms with E-state index in [-0.39, 0.29) is 11.3 Å². The molecule has 1 atom stereocenters. The van der Waals surface area contributed by atoms with Gasteiger partial charge in [-0.2, -0.15) is 0 Å². The lowest BCUT2D eigenvalue weighted by Crippen LogP contribution is -2.48. The largest absolute Gasteiger partial charge is 0.507 e. The maximum absolute atomic E-state index is 13.0. The molecular formula is C30H25N5O5. The summed E-state index contributed by atoms with van der Waals surface area (Å²) < 4.78 is 0. The highest BCUT2D eigenvalue weighted by Gasteiger charge is 2.33. The molecule has 1 aliphatic heterocycles. The number of carbonyl (C=O) groups excluding carboxylic acids is 2. The first-order valence-electron chi connectivity index (χ1n) is 12.6. The van der Waals surface area contributed by atoms with Crippen molar-refractivity contribution in [1.82, 2.24) is 20.3 Å². The van der Waals surface area contributed by atoms with Gasteiger partial charge in [0.25, 0.3) is 11.8 Å².